The quantitative estimate of drug-likeness (QED) is 0.149. The van der Waals surface area contributed by atoms with Gasteiger partial charge in [-0.15, -0.1) is 0 Å². The largest absolute Gasteiger partial charge is 0.345 e. The second-order valence-electron chi connectivity index (χ2n) is 21.2. The molecular weight excluding hydrogens is 703 g/mol. The van der Waals surface area contributed by atoms with E-state index in [0.717, 1.165) is 90.0 Å². The summed E-state index contributed by atoms with van der Waals surface area (Å²) in [6.45, 7) is 18.2. The van der Waals surface area contributed by atoms with Crippen molar-refractivity contribution in [2.75, 3.05) is 13.1 Å². The van der Waals surface area contributed by atoms with E-state index >= 15 is 4.79 Å². The number of likely N-dealkylation sites (tertiary alicyclic amines) is 2. The number of fused-ring (bicyclic) bond motifs is 1. The van der Waals surface area contributed by atoms with Gasteiger partial charge in [0.05, 0.1) is 18.1 Å². The second-order valence-corrected chi connectivity index (χ2v) is 21.2. The summed E-state index contributed by atoms with van der Waals surface area (Å²) in [6.07, 6.45) is 15.1. The van der Waals surface area contributed by atoms with Crippen LogP contribution in [0.1, 0.15) is 177 Å². The Bertz CT molecular complexity index is 1510. The Morgan fingerprint density at radius 1 is 0.804 bits per heavy atom. The maximum Gasteiger partial charge on any atom is 0.237 e. The number of ketones is 4. The first-order valence-corrected chi connectivity index (χ1v) is 22.9. The minimum atomic E-state index is -0.686. The van der Waals surface area contributed by atoms with Gasteiger partial charge in [0, 0.05) is 49.1 Å². The van der Waals surface area contributed by atoms with Crippen LogP contribution in [0.3, 0.4) is 0 Å². The predicted octanol–water partition coefficient (Wildman–Crippen LogP) is 8.05. The van der Waals surface area contributed by atoms with Gasteiger partial charge in [-0.2, -0.15) is 0 Å². The Morgan fingerprint density at radius 3 is 2.02 bits per heavy atom. The van der Waals surface area contributed by atoms with Crippen LogP contribution >= 0.6 is 0 Å². The van der Waals surface area contributed by atoms with E-state index < -0.39 is 35.1 Å². The molecule has 2 spiro atoms. The lowest BCUT2D eigenvalue weighted by molar-refractivity contribution is -0.147. The number of hydrogen-bond donors (Lipinski definition) is 1. The van der Waals surface area contributed by atoms with Crippen molar-refractivity contribution in [3.63, 3.8) is 0 Å². The van der Waals surface area contributed by atoms with Crippen LogP contribution in [0.4, 0.5) is 0 Å². The first kappa shape index (κ1) is 43.2. The third kappa shape index (κ3) is 8.11. The molecule has 2 saturated heterocycles. The lowest BCUT2D eigenvalue weighted by atomic mass is 9.73. The van der Waals surface area contributed by atoms with Crippen molar-refractivity contribution < 1.29 is 28.8 Å². The molecule has 0 aromatic heterocycles. The molecule has 0 aromatic rings. The maximum atomic E-state index is 15.3. The number of Topliss-reactive ketones (excluding diaryl/α,β-unsaturated/α-hetero) is 4. The third-order valence-corrected chi connectivity index (χ3v) is 16.4. The van der Waals surface area contributed by atoms with Crippen LogP contribution in [-0.4, -0.2) is 82.0 Å². The fourth-order valence-corrected chi connectivity index (χ4v) is 12.4. The molecule has 56 heavy (non-hydrogen) atoms. The standard InChI is InChI=1S/C47H75N3O6/c1-9-16-33(41(54)39(53)25-31-20-21-31)26-37(51)36-28-47(45(7,8)46(47)22-15-23-46)29-50(36)43(56)34(44(4,5)6)27-38(52)40(32-17-11-10-12-18-32)48-42(55)35-19-13-14-24-49(35)30(2)3/h30-36,40H,9-29H2,1-8H3,(H,48,55)/t33-,34-,35+,36+,40+,47-/m1/s1. The number of carbonyl (C=O) groups excluding carboxylic acids is 6. The zero-order chi connectivity index (χ0) is 40.8. The van der Waals surface area contributed by atoms with Gasteiger partial charge < -0.3 is 10.2 Å². The number of rotatable bonds is 17. The van der Waals surface area contributed by atoms with Crippen LogP contribution < -0.4 is 5.32 Å². The van der Waals surface area contributed by atoms with Gasteiger partial charge in [0.2, 0.25) is 17.6 Å². The van der Waals surface area contributed by atoms with Crippen LogP contribution in [0.25, 0.3) is 0 Å². The van der Waals surface area contributed by atoms with Gasteiger partial charge in [-0.1, -0.05) is 80.1 Å². The van der Waals surface area contributed by atoms with E-state index in [0.29, 0.717) is 31.7 Å². The summed E-state index contributed by atoms with van der Waals surface area (Å²) in [5.74, 6) is -2.19. The molecule has 9 nitrogen and oxygen atoms in total. The van der Waals surface area contributed by atoms with Crippen LogP contribution in [-0.2, 0) is 28.8 Å². The number of nitrogens with one attached hydrogen (secondary N) is 1. The minimum Gasteiger partial charge on any atom is -0.345 e. The summed E-state index contributed by atoms with van der Waals surface area (Å²) in [6, 6.07) is -1.36. The van der Waals surface area contributed by atoms with E-state index in [-0.39, 0.29) is 82.7 Å². The number of nitrogens with zero attached hydrogens (tertiary/aromatic N) is 2. The first-order valence-electron chi connectivity index (χ1n) is 22.9. The van der Waals surface area contributed by atoms with E-state index in [1.54, 1.807) is 0 Å². The summed E-state index contributed by atoms with van der Waals surface area (Å²) in [5, 5.41) is 3.29. The number of amides is 2. The zero-order valence-corrected chi connectivity index (χ0v) is 36.3. The smallest absolute Gasteiger partial charge is 0.237 e. The van der Waals surface area contributed by atoms with Crippen molar-refractivity contribution >= 4 is 34.9 Å². The highest BCUT2D eigenvalue weighted by Gasteiger charge is 2.85. The summed E-state index contributed by atoms with van der Waals surface area (Å²) >= 11 is 0. The SMILES string of the molecule is CCC[C@H](CC(=O)[C@@H]1C[C@@]2(CN1C(=O)[C@@H](CC(=O)[C@@H](NC(=O)[C@@H]1CCCCN1C(C)C)C1CCCCC1)C(C)(C)C)C(C)(C)C21CCC1)C(=O)C(=O)CC1CC1. The topological polar surface area (TPSA) is 121 Å². The second kappa shape index (κ2) is 16.7. The van der Waals surface area contributed by atoms with Gasteiger partial charge in [-0.3, -0.25) is 33.7 Å². The third-order valence-electron chi connectivity index (χ3n) is 16.4. The monoisotopic (exact) mass is 778 g/mol. The molecule has 6 aliphatic rings. The Hall–Kier alpha value is -2.42. The van der Waals surface area contributed by atoms with E-state index in [2.05, 4.69) is 37.9 Å². The molecule has 0 aromatic carbocycles. The number of piperidine rings is 1. The molecule has 0 radical (unpaired) electrons. The van der Waals surface area contributed by atoms with Crippen molar-refractivity contribution in [1.29, 1.82) is 0 Å². The van der Waals surface area contributed by atoms with Gasteiger partial charge in [0.15, 0.2) is 17.3 Å². The average Bonchev–Trinajstić information content (AvgIpc) is 3.96. The summed E-state index contributed by atoms with van der Waals surface area (Å²) in [4.78, 5) is 89.3. The predicted molar refractivity (Wildman–Crippen MR) is 219 cm³/mol. The summed E-state index contributed by atoms with van der Waals surface area (Å²) in [7, 11) is 0. The molecule has 2 heterocycles. The highest BCUT2D eigenvalue weighted by molar-refractivity contribution is 6.38. The maximum absolute atomic E-state index is 15.3. The van der Waals surface area contributed by atoms with Crippen molar-refractivity contribution in [2.45, 2.75) is 202 Å². The fraction of sp³-hybridized carbons (Fsp3) is 0.872. The normalized spacial score (nSPS) is 29.1. The van der Waals surface area contributed by atoms with E-state index in [9.17, 15) is 24.0 Å². The Balaban J connectivity index is 1.26. The van der Waals surface area contributed by atoms with E-state index in [1.807, 2.05) is 32.6 Å². The molecule has 2 amide bonds. The Morgan fingerprint density at radius 2 is 1.46 bits per heavy atom. The van der Waals surface area contributed by atoms with E-state index in [4.69, 9.17) is 0 Å². The number of carbonyl (C=O) groups is 6. The molecule has 314 valence electrons. The van der Waals surface area contributed by atoms with E-state index in [1.165, 1.54) is 0 Å². The molecule has 2 aliphatic heterocycles. The molecule has 4 saturated carbocycles. The molecule has 6 fully saturated rings. The fourth-order valence-electron chi connectivity index (χ4n) is 12.4. The average molecular weight is 778 g/mol. The van der Waals surface area contributed by atoms with Gasteiger partial charge in [-0.25, -0.2) is 0 Å². The van der Waals surface area contributed by atoms with Crippen LogP contribution in [0.2, 0.25) is 0 Å². The highest BCUT2D eigenvalue weighted by atomic mass is 16.2. The molecule has 0 bridgehead atoms. The Labute approximate surface area is 338 Å². The van der Waals surface area contributed by atoms with Crippen molar-refractivity contribution in [1.82, 2.24) is 15.1 Å². The minimum absolute atomic E-state index is 0.00784. The molecular formula is C47H75N3O6. The van der Waals surface area contributed by atoms with Crippen LogP contribution in [0.15, 0.2) is 0 Å². The molecule has 9 heteroatoms. The zero-order valence-electron chi connectivity index (χ0n) is 36.3. The lowest BCUT2D eigenvalue weighted by Gasteiger charge is -2.40. The van der Waals surface area contributed by atoms with Gasteiger partial charge in [-0.05, 0) is 113 Å². The van der Waals surface area contributed by atoms with Gasteiger partial charge in [0.25, 0.3) is 0 Å². The molecule has 1 N–H and O–H groups in total. The van der Waals surface area contributed by atoms with Crippen molar-refractivity contribution in [3.05, 3.63) is 0 Å². The lowest BCUT2D eigenvalue weighted by Crippen LogP contribution is -2.57. The molecule has 6 rings (SSSR count). The van der Waals surface area contributed by atoms with Gasteiger partial charge >= 0.3 is 0 Å². The summed E-state index contributed by atoms with van der Waals surface area (Å²) in [5.41, 5.74) is -0.707. The molecule has 6 atom stereocenters. The van der Waals surface area contributed by atoms with Crippen LogP contribution in [0.5, 0.6) is 0 Å². The first-order chi connectivity index (χ1) is 26.4. The Kier molecular flexibility index (Phi) is 12.9. The summed E-state index contributed by atoms with van der Waals surface area (Å²) < 4.78 is 0. The van der Waals surface area contributed by atoms with Gasteiger partial charge in [0.1, 0.15) is 0 Å². The van der Waals surface area contributed by atoms with Crippen molar-refractivity contribution in [2.24, 2.45) is 45.3 Å². The highest BCUT2D eigenvalue weighted by Crippen LogP contribution is 2.88. The van der Waals surface area contributed by atoms with Crippen molar-refractivity contribution in [3.8, 4) is 0 Å². The number of hydrogen-bond acceptors (Lipinski definition) is 7. The molecule has 4 aliphatic carbocycles. The molecule has 0 unspecified atom stereocenters. The van der Waals surface area contributed by atoms with Crippen LogP contribution in [0, 0.1) is 45.3 Å².